The number of nitrogens with one attached hydrogen (secondary N) is 2. The van der Waals surface area contributed by atoms with Gasteiger partial charge in [-0.25, -0.2) is 4.79 Å². The fourth-order valence-corrected chi connectivity index (χ4v) is 2.43. The van der Waals surface area contributed by atoms with Gasteiger partial charge in [0.1, 0.15) is 0 Å². The van der Waals surface area contributed by atoms with Crippen molar-refractivity contribution >= 4 is 11.7 Å². The van der Waals surface area contributed by atoms with Crippen LogP contribution in [0.5, 0.6) is 0 Å². The van der Waals surface area contributed by atoms with Crippen LogP contribution in [0.4, 0.5) is 10.5 Å². The van der Waals surface area contributed by atoms with Gasteiger partial charge < -0.3 is 15.7 Å². The van der Waals surface area contributed by atoms with E-state index >= 15 is 0 Å². The summed E-state index contributed by atoms with van der Waals surface area (Å²) in [5, 5.41) is 15.1. The van der Waals surface area contributed by atoms with E-state index in [4.69, 9.17) is 0 Å². The number of hydrogen-bond donors (Lipinski definition) is 3. The second-order valence-electron chi connectivity index (χ2n) is 5.09. The van der Waals surface area contributed by atoms with Crippen LogP contribution in [0.1, 0.15) is 26.2 Å². The Labute approximate surface area is 107 Å². The van der Waals surface area contributed by atoms with Crippen molar-refractivity contribution in [3.63, 3.8) is 0 Å². The molecule has 2 unspecified atom stereocenters. The molecule has 0 aliphatic heterocycles. The summed E-state index contributed by atoms with van der Waals surface area (Å²) in [6.45, 7) is 2.12. The molecule has 0 bridgehead atoms. The number of aromatic nitrogens is 1. The molecule has 1 aliphatic rings. The van der Waals surface area contributed by atoms with E-state index < -0.39 is 0 Å². The van der Waals surface area contributed by atoms with Crippen LogP contribution in [0.2, 0.25) is 0 Å². The molecule has 1 fully saturated rings. The predicted octanol–water partition coefficient (Wildman–Crippen LogP) is 1.75. The van der Waals surface area contributed by atoms with Crippen molar-refractivity contribution in [1.82, 2.24) is 10.3 Å². The smallest absolute Gasteiger partial charge is 0.319 e. The summed E-state index contributed by atoms with van der Waals surface area (Å²) in [6, 6.07) is 3.27. The van der Waals surface area contributed by atoms with Gasteiger partial charge in [0, 0.05) is 29.5 Å². The normalized spacial score (nSPS) is 26.9. The van der Waals surface area contributed by atoms with Crippen LogP contribution in [-0.4, -0.2) is 28.8 Å². The SMILES string of the molecule is CC1(CO)CCCC1NC(=O)Nc1ccncc1. The summed E-state index contributed by atoms with van der Waals surface area (Å²) in [6.07, 6.45) is 6.16. The molecule has 1 aromatic rings. The standard InChI is InChI=1S/C13H19N3O2/c1-13(9-17)6-2-3-11(13)16-12(18)15-10-4-7-14-8-5-10/h4-5,7-8,11,17H,2-3,6,9H2,1H3,(H2,14,15,16,18). The lowest BCUT2D eigenvalue weighted by Gasteiger charge is -2.30. The molecule has 5 nitrogen and oxygen atoms in total. The Balaban J connectivity index is 1.92. The molecule has 1 aliphatic carbocycles. The van der Waals surface area contributed by atoms with Crippen LogP contribution < -0.4 is 10.6 Å². The average Bonchev–Trinajstić information content (AvgIpc) is 2.73. The van der Waals surface area contributed by atoms with E-state index in [1.807, 2.05) is 6.92 Å². The van der Waals surface area contributed by atoms with E-state index in [2.05, 4.69) is 15.6 Å². The van der Waals surface area contributed by atoms with E-state index in [1.165, 1.54) is 0 Å². The Morgan fingerprint density at radius 2 is 2.28 bits per heavy atom. The highest BCUT2D eigenvalue weighted by atomic mass is 16.3. The Hall–Kier alpha value is -1.62. The molecule has 1 saturated carbocycles. The topological polar surface area (TPSA) is 74.2 Å². The van der Waals surface area contributed by atoms with Gasteiger partial charge >= 0.3 is 6.03 Å². The van der Waals surface area contributed by atoms with E-state index in [-0.39, 0.29) is 24.1 Å². The predicted molar refractivity (Wildman–Crippen MR) is 69.2 cm³/mol. The molecule has 98 valence electrons. The number of amides is 2. The molecule has 0 spiro atoms. The lowest BCUT2D eigenvalue weighted by atomic mass is 9.86. The number of nitrogens with zero attached hydrogens (tertiary/aromatic N) is 1. The lowest BCUT2D eigenvalue weighted by Crippen LogP contribution is -2.46. The van der Waals surface area contributed by atoms with Crippen LogP contribution in [0.25, 0.3) is 0 Å². The van der Waals surface area contributed by atoms with E-state index in [1.54, 1.807) is 24.5 Å². The van der Waals surface area contributed by atoms with Gasteiger partial charge in [-0.1, -0.05) is 13.3 Å². The highest BCUT2D eigenvalue weighted by Gasteiger charge is 2.39. The number of anilines is 1. The zero-order chi connectivity index (χ0) is 13.0. The minimum atomic E-state index is -0.229. The van der Waals surface area contributed by atoms with Gasteiger partial charge in [0.05, 0.1) is 6.61 Å². The number of hydrogen-bond acceptors (Lipinski definition) is 3. The van der Waals surface area contributed by atoms with Gasteiger partial charge in [0.2, 0.25) is 0 Å². The van der Waals surface area contributed by atoms with Crippen molar-refractivity contribution in [3.05, 3.63) is 24.5 Å². The lowest BCUT2D eigenvalue weighted by molar-refractivity contribution is 0.122. The van der Waals surface area contributed by atoms with Crippen molar-refractivity contribution in [3.8, 4) is 0 Å². The van der Waals surface area contributed by atoms with Crippen molar-refractivity contribution in [2.24, 2.45) is 5.41 Å². The summed E-state index contributed by atoms with van der Waals surface area (Å²) >= 11 is 0. The van der Waals surface area contributed by atoms with E-state index in [9.17, 15) is 9.90 Å². The number of pyridine rings is 1. The first kappa shape index (κ1) is 12.8. The van der Waals surface area contributed by atoms with Crippen molar-refractivity contribution in [2.75, 3.05) is 11.9 Å². The second-order valence-corrected chi connectivity index (χ2v) is 5.09. The molecule has 1 aromatic heterocycles. The number of carbonyl (C=O) groups is 1. The van der Waals surface area contributed by atoms with Crippen LogP contribution >= 0.6 is 0 Å². The van der Waals surface area contributed by atoms with Gasteiger partial charge in [-0.2, -0.15) is 0 Å². The van der Waals surface area contributed by atoms with Gasteiger partial charge in [-0.15, -0.1) is 0 Å². The summed E-state index contributed by atoms with van der Waals surface area (Å²) in [5.74, 6) is 0. The molecule has 18 heavy (non-hydrogen) atoms. The third kappa shape index (κ3) is 2.79. The highest BCUT2D eigenvalue weighted by Crippen LogP contribution is 2.37. The third-order valence-electron chi connectivity index (χ3n) is 3.69. The van der Waals surface area contributed by atoms with Crippen LogP contribution in [0.3, 0.4) is 0 Å². The number of aliphatic hydroxyl groups is 1. The molecule has 1 heterocycles. The molecular weight excluding hydrogens is 230 g/mol. The maximum atomic E-state index is 11.8. The fourth-order valence-electron chi connectivity index (χ4n) is 2.43. The van der Waals surface area contributed by atoms with Gasteiger partial charge in [0.25, 0.3) is 0 Å². The summed E-state index contributed by atoms with van der Waals surface area (Å²) < 4.78 is 0. The van der Waals surface area contributed by atoms with Crippen LogP contribution in [-0.2, 0) is 0 Å². The Morgan fingerprint density at radius 1 is 1.56 bits per heavy atom. The highest BCUT2D eigenvalue weighted by molar-refractivity contribution is 5.89. The maximum Gasteiger partial charge on any atom is 0.319 e. The quantitative estimate of drug-likeness (QED) is 0.764. The second kappa shape index (κ2) is 5.35. The first-order chi connectivity index (χ1) is 8.64. The molecule has 0 aromatic carbocycles. The molecular formula is C13H19N3O2. The third-order valence-corrected chi connectivity index (χ3v) is 3.69. The zero-order valence-corrected chi connectivity index (χ0v) is 10.5. The summed E-state index contributed by atoms with van der Waals surface area (Å²) in [5.41, 5.74) is 0.515. The maximum absolute atomic E-state index is 11.8. The zero-order valence-electron chi connectivity index (χ0n) is 10.5. The molecule has 2 atom stereocenters. The molecule has 3 N–H and O–H groups in total. The van der Waals surface area contributed by atoms with Crippen molar-refractivity contribution < 1.29 is 9.90 Å². The number of carbonyl (C=O) groups excluding carboxylic acids is 1. The number of aliphatic hydroxyl groups excluding tert-OH is 1. The molecule has 0 radical (unpaired) electrons. The van der Waals surface area contributed by atoms with Gasteiger partial charge in [-0.3, -0.25) is 4.98 Å². The van der Waals surface area contributed by atoms with Gasteiger partial charge in [0.15, 0.2) is 0 Å². The molecule has 2 rings (SSSR count). The molecule has 2 amide bonds. The minimum Gasteiger partial charge on any atom is -0.396 e. The average molecular weight is 249 g/mol. The van der Waals surface area contributed by atoms with Gasteiger partial charge in [-0.05, 0) is 25.0 Å². The monoisotopic (exact) mass is 249 g/mol. The number of urea groups is 1. The summed E-state index contributed by atoms with van der Waals surface area (Å²) in [4.78, 5) is 15.7. The van der Waals surface area contributed by atoms with E-state index in [0.717, 1.165) is 19.3 Å². The van der Waals surface area contributed by atoms with E-state index in [0.29, 0.717) is 5.69 Å². The van der Waals surface area contributed by atoms with Crippen LogP contribution in [0, 0.1) is 5.41 Å². The molecule has 5 heteroatoms. The number of rotatable bonds is 3. The first-order valence-corrected chi connectivity index (χ1v) is 6.22. The van der Waals surface area contributed by atoms with Crippen molar-refractivity contribution in [2.45, 2.75) is 32.2 Å². The Kier molecular flexibility index (Phi) is 3.81. The van der Waals surface area contributed by atoms with Crippen LogP contribution in [0.15, 0.2) is 24.5 Å². The first-order valence-electron chi connectivity index (χ1n) is 6.22. The fraction of sp³-hybridized carbons (Fsp3) is 0.538. The summed E-state index contributed by atoms with van der Waals surface area (Å²) in [7, 11) is 0. The minimum absolute atomic E-state index is 0.0318. The largest absolute Gasteiger partial charge is 0.396 e. The van der Waals surface area contributed by atoms with Crippen molar-refractivity contribution in [1.29, 1.82) is 0 Å². The Bertz CT molecular complexity index is 410. The molecule has 0 saturated heterocycles. The Morgan fingerprint density at radius 3 is 2.94 bits per heavy atom.